The number of H-pyrrole nitrogens is 1. The maximum atomic E-state index is 9.05. The molecule has 104 valence electrons. The van der Waals surface area contributed by atoms with E-state index in [-0.39, 0.29) is 12.6 Å². The van der Waals surface area contributed by atoms with Gasteiger partial charge in [-0.05, 0) is 18.8 Å². The fraction of sp³-hybridized carbons (Fsp3) is 0.583. The molecule has 0 spiro atoms. The van der Waals surface area contributed by atoms with Gasteiger partial charge >= 0.3 is 0 Å². The summed E-state index contributed by atoms with van der Waals surface area (Å²) >= 11 is 0. The van der Waals surface area contributed by atoms with E-state index < -0.39 is 0 Å². The smallest absolute Gasteiger partial charge is 0.224 e. The first kappa shape index (κ1) is 13.5. The molecule has 0 aliphatic rings. The second-order valence-corrected chi connectivity index (χ2v) is 4.61. The highest BCUT2D eigenvalue weighted by Gasteiger charge is 2.11. The lowest BCUT2D eigenvalue weighted by Gasteiger charge is -2.16. The molecule has 2 aromatic rings. The van der Waals surface area contributed by atoms with E-state index >= 15 is 0 Å². The first-order chi connectivity index (χ1) is 9.24. The normalized spacial score (nSPS) is 12.7. The molecule has 2 aromatic heterocycles. The number of aromatic amines is 1. The van der Waals surface area contributed by atoms with Gasteiger partial charge in [-0.1, -0.05) is 13.3 Å². The molecule has 1 atom stereocenters. The van der Waals surface area contributed by atoms with Crippen molar-refractivity contribution in [1.29, 1.82) is 0 Å². The van der Waals surface area contributed by atoms with Crippen LogP contribution in [-0.4, -0.2) is 38.4 Å². The molecule has 19 heavy (non-hydrogen) atoms. The number of nitrogens with zero attached hydrogens (tertiary/aromatic N) is 3. The van der Waals surface area contributed by atoms with E-state index in [9.17, 15) is 0 Å². The van der Waals surface area contributed by atoms with Crippen LogP contribution in [0.5, 0.6) is 0 Å². The van der Waals surface area contributed by atoms with E-state index in [1.54, 1.807) is 6.20 Å². The van der Waals surface area contributed by atoms with E-state index in [0.29, 0.717) is 17.4 Å². The van der Waals surface area contributed by atoms with Crippen LogP contribution in [-0.2, 0) is 0 Å². The van der Waals surface area contributed by atoms with E-state index in [1.807, 2.05) is 0 Å². The summed E-state index contributed by atoms with van der Waals surface area (Å²) in [7, 11) is 0. The van der Waals surface area contributed by atoms with Gasteiger partial charge in [-0.2, -0.15) is 15.1 Å². The fourth-order valence-electron chi connectivity index (χ4n) is 2.17. The lowest BCUT2D eigenvalue weighted by molar-refractivity contribution is 0.255. The van der Waals surface area contributed by atoms with Gasteiger partial charge in [-0.15, -0.1) is 0 Å². The third kappa shape index (κ3) is 3.31. The Labute approximate surface area is 111 Å². The van der Waals surface area contributed by atoms with Crippen molar-refractivity contribution in [3.63, 3.8) is 0 Å². The molecular formula is C12H20N6O. The maximum absolute atomic E-state index is 9.05. The maximum Gasteiger partial charge on any atom is 0.224 e. The monoisotopic (exact) mass is 264 g/mol. The van der Waals surface area contributed by atoms with Crippen LogP contribution in [0, 0.1) is 5.92 Å². The molecule has 7 heteroatoms. The summed E-state index contributed by atoms with van der Waals surface area (Å²) in [4.78, 5) is 8.26. The Bertz CT molecular complexity index is 520. The van der Waals surface area contributed by atoms with E-state index in [1.165, 1.54) is 0 Å². The number of fused-ring (bicyclic) bond motifs is 1. The molecule has 2 rings (SSSR count). The number of anilines is 2. The quantitative estimate of drug-likeness (QED) is 0.596. The van der Waals surface area contributed by atoms with Gasteiger partial charge in [0.2, 0.25) is 5.95 Å². The SMILES string of the molecule is CCCC(CCO)CNc1nc(N)nc2[nH]ncc12. The topological polar surface area (TPSA) is 113 Å². The summed E-state index contributed by atoms with van der Waals surface area (Å²) in [6.07, 6.45) is 4.63. The third-order valence-corrected chi connectivity index (χ3v) is 3.12. The highest BCUT2D eigenvalue weighted by molar-refractivity contribution is 5.86. The summed E-state index contributed by atoms with van der Waals surface area (Å²) in [5.74, 6) is 1.33. The summed E-state index contributed by atoms with van der Waals surface area (Å²) in [6.45, 7) is 3.10. The van der Waals surface area contributed by atoms with E-state index in [0.717, 1.165) is 31.2 Å². The first-order valence-electron chi connectivity index (χ1n) is 6.56. The van der Waals surface area contributed by atoms with Crippen LogP contribution >= 0.6 is 0 Å². The Morgan fingerprint density at radius 1 is 1.42 bits per heavy atom. The van der Waals surface area contributed by atoms with Crippen LogP contribution in [0.1, 0.15) is 26.2 Å². The van der Waals surface area contributed by atoms with Crippen molar-refractivity contribution < 1.29 is 5.11 Å². The minimum atomic E-state index is 0.208. The molecule has 0 saturated carbocycles. The van der Waals surface area contributed by atoms with Crippen LogP contribution < -0.4 is 11.1 Å². The van der Waals surface area contributed by atoms with Gasteiger partial charge < -0.3 is 16.2 Å². The van der Waals surface area contributed by atoms with Crippen LogP contribution in [0.4, 0.5) is 11.8 Å². The second kappa shape index (κ2) is 6.33. The van der Waals surface area contributed by atoms with Crippen molar-refractivity contribution in [3.8, 4) is 0 Å². The first-order valence-corrected chi connectivity index (χ1v) is 6.56. The Morgan fingerprint density at radius 3 is 3.00 bits per heavy atom. The minimum absolute atomic E-state index is 0.208. The highest BCUT2D eigenvalue weighted by atomic mass is 16.3. The number of rotatable bonds is 7. The number of aromatic nitrogens is 4. The van der Waals surface area contributed by atoms with Gasteiger partial charge in [0.1, 0.15) is 5.82 Å². The number of nitrogens with two attached hydrogens (primary N) is 1. The van der Waals surface area contributed by atoms with Crippen LogP contribution in [0.3, 0.4) is 0 Å². The number of aliphatic hydroxyl groups excluding tert-OH is 1. The standard InChI is InChI=1S/C12H20N6O/c1-2-3-8(4-5-19)6-14-10-9-7-15-18-11(9)17-12(13)16-10/h7-8,19H,2-6H2,1H3,(H4,13,14,15,16,17,18). The largest absolute Gasteiger partial charge is 0.396 e. The van der Waals surface area contributed by atoms with E-state index in [2.05, 4.69) is 32.4 Å². The number of hydrogen-bond acceptors (Lipinski definition) is 6. The molecule has 7 nitrogen and oxygen atoms in total. The number of nitrogens with one attached hydrogen (secondary N) is 2. The fourth-order valence-corrected chi connectivity index (χ4v) is 2.17. The minimum Gasteiger partial charge on any atom is -0.396 e. The van der Waals surface area contributed by atoms with Crippen LogP contribution in [0.2, 0.25) is 0 Å². The molecule has 1 unspecified atom stereocenters. The molecular weight excluding hydrogens is 244 g/mol. The van der Waals surface area contributed by atoms with Gasteiger partial charge in [0, 0.05) is 13.2 Å². The summed E-state index contributed by atoms with van der Waals surface area (Å²) in [5, 5.41) is 19.9. The summed E-state index contributed by atoms with van der Waals surface area (Å²) in [6, 6.07) is 0. The lowest BCUT2D eigenvalue weighted by atomic mass is 10.0. The molecule has 0 amide bonds. The zero-order chi connectivity index (χ0) is 13.7. The zero-order valence-corrected chi connectivity index (χ0v) is 11.1. The van der Waals surface area contributed by atoms with Gasteiger partial charge in [0.15, 0.2) is 5.65 Å². The number of aliphatic hydroxyl groups is 1. The average Bonchev–Trinajstić information content (AvgIpc) is 2.84. The second-order valence-electron chi connectivity index (χ2n) is 4.61. The Kier molecular flexibility index (Phi) is 4.51. The summed E-state index contributed by atoms with van der Waals surface area (Å²) < 4.78 is 0. The van der Waals surface area contributed by atoms with Gasteiger partial charge in [-0.3, -0.25) is 5.10 Å². The molecule has 0 radical (unpaired) electrons. The van der Waals surface area contributed by atoms with Crippen molar-refractivity contribution in [3.05, 3.63) is 6.20 Å². The van der Waals surface area contributed by atoms with Gasteiger partial charge in [-0.25, -0.2) is 0 Å². The van der Waals surface area contributed by atoms with Crippen LogP contribution in [0.25, 0.3) is 11.0 Å². The molecule has 0 saturated heterocycles. The molecule has 0 fully saturated rings. The number of nitrogen functional groups attached to an aromatic ring is 1. The molecule has 0 aromatic carbocycles. The number of hydrogen-bond donors (Lipinski definition) is 4. The lowest BCUT2D eigenvalue weighted by Crippen LogP contribution is -2.17. The molecule has 0 aliphatic carbocycles. The average molecular weight is 264 g/mol. The Balaban J connectivity index is 2.09. The van der Waals surface area contributed by atoms with Crippen LogP contribution in [0.15, 0.2) is 6.20 Å². The van der Waals surface area contributed by atoms with Crippen molar-refractivity contribution in [2.24, 2.45) is 5.92 Å². The molecule has 0 bridgehead atoms. The molecule has 0 aliphatic heterocycles. The highest BCUT2D eigenvalue weighted by Crippen LogP contribution is 2.20. The van der Waals surface area contributed by atoms with Crippen molar-refractivity contribution in [1.82, 2.24) is 20.2 Å². The zero-order valence-electron chi connectivity index (χ0n) is 11.1. The Morgan fingerprint density at radius 2 is 2.26 bits per heavy atom. The van der Waals surface area contributed by atoms with Crippen molar-refractivity contribution in [2.45, 2.75) is 26.2 Å². The predicted molar refractivity (Wildman–Crippen MR) is 74.7 cm³/mol. The van der Waals surface area contributed by atoms with Crippen molar-refractivity contribution >= 4 is 22.8 Å². The molecule has 5 N–H and O–H groups in total. The Hall–Kier alpha value is -1.89. The molecule has 2 heterocycles. The van der Waals surface area contributed by atoms with Gasteiger partial charge in [0.05, 0.1) is 11.6 Å². The van der Waals surface area contributed by atoms with Crippen molar-refractivity contribution in [2.75, 3.05) is 24.2 Å². The van der Waals surface area contributed by atoms with Gasteiger partial charge in [0.25, 0.3) is 0 Å². The summed E-state index contributed by atoms with van der Waals surface area (Å²) in [5.41, 5.74) is 6.29. The third-order valence-electron chi connectivity index (χ3n) is 3.12. The van der Waals surface area contributed by atoms with E-state index in [4.69, 9.17) is 10.8 Å². The predicted octanol–water partition coefficient (Wildman–Crippen LogP) is 1.15.